The van der Waals surface area contributed by atoms with Crippen LogP contribution in [0.3, 0.4) is 0 Å². The summed E-state index contributed by atoms with van der Waals surface area (Å²) in [4.78, 5) is 0. The van der Waals surface area contributed by atoms with Crippen LogP contribution in [0.5, 0.6) is 5.75 Å². The van der Waals surface area contributed by atoms with Gasteiger partial charge in [0.2, 0.25) is 0 Å². The van der Waals surface area contributed by atoms with Gasteiger partial charge in [0.1, 0.15) is 0 Å². The molecule has 3 heteroatoms. The fourth-order valence-electron chi connectivity index (χ4n) is 3.20. The Morgan fingerprint density at radius 2 is 1.95 bits per heavy atom. The van der Waals surface area contributed by atoms with E-state index in [2.05, 4.69) is 24.3 Å². The van der Waals surface area contributed by atoms with Crippen LogP contribution >= 0.6 is 0 Å². The molecular formula is C18H20FNO. The van der Waals surface area contributed by atoms with Crippen molar-refractivity contribution in [3.05, 3.63) is 65.0 Å². The molecule has 0 aliphatic heterocycles. The van der Waals surface area contributed by atoms with Crippen molar-refractivity contribution >= 4 is 0 Å². The molecule has 110 valence electrons. The first-order valence-corrected chi connectivity index (χ1v) is 7.28. The van der Waals surface area contributed by atoms with Gasteiger partial charge < -0.3 is 10.5 Å². The van der Waals surface area contributed by atoms with Gasteiger partial charge in [-0.1, -0.05) is 30.3 Å². The molecule has 0 aromatic heterocycles. The van der Waals surface area contributed by atoms with Crippen LogP contribution in [0.25, 0.3) is 0 Å². The van der Waals surface area contributed by atoms with Gasteiger partial charge in [-0.05, 0) is 54.5 Å². The zero-order chi connectivity index (χ0) is 14.9. The number of nitrogens with two attached hydrogens (primary N) is 1. The highest BCUT2D eigenvalue weighted by Gasteiger charge is 2.30. The summed E-state index contributed by atoms with van der Waals surface area (Å²) in [6, 6.07) is 13.5. The number of methoxy groups -OCH3 is 1. The number of hydrogen-bond acceptors (Lipinski definition) is 2. The molecule has 2 aromatic carbocycles. The standard InChI is InChI=1S/C18H20FNO/c1-21-17-7-6-13(10-16(17)19)11-18(20)9-8-14-4-2-3-5-15(14)12-18/h2-7,10H,8-9,11-12,20H2,1H3. The Kier molecular flexibility index (Phi) is 3.68. The first-order valence-electron chi connectivity index (χ1n) is 7.28. The van der Waals surface area contributed by atoms with E-state index in [9.17, 15) is 4.39 Å². The van der Waals surface area contributed by atoms with Gasteiger partial charge in [-0.25, -0.2) is 4.39 Å². The van der Waals surface area contributed by atoms with Crippen molar-refractivity contribution in [2.24, 2.45) is 5.73 Å². The number of aryl methyl sites for hydroxylation is 1. The highest BCUT2D eigenvalue weighted by atomic mass is 19.1. The molecule has 1 unspecified atom stereocenters. The maximum absolute atomic E-state index is 13.8. The summed E-state index contributed by atoms with van der Waals surface area (Å²) in [5.74, 6) is -0.0476. The monoisotopic (exact) mass is 285 g/mol. The van der Waals surface area contributed by atoms with Gasteiger partial charge in [0, 0.05) is 5.54 Å². The maximum atomic E-state index is 13.8. The third kappa shape index (κ3) is 2.93. The Balaban J connectivity index is 1.80. The Labute approximate surface area is 124 Å². The second-order valence-electron chi connectivity index (χ2n) is 5.95. The lowest BCUT2D eigenvalue weighted by molar-refractivity contribution is 0.366. The highest BCUT2D eigenvalue weighted by molar-refractivity contribution is 5.35. The average molecular weight is 285 g/mol. The van der Waals surface area contributed by atoms with Crippen molar-refractivity contribution in [3.63, 3.8) is 0 Å². The Morgan fingerprint density at radius 1 is 1.19 bits per heavy atom. The van der Waals surface area contributed by atoms with Crippen molar-refractivity contribution in [1.29, 1.82) is 0 Å². The zero-order valence-electron chi connectivity index (χ0n) is 12.2. The number of fused-ring (bicyclic) bond motifs is 1. The third-order valence-corrected chi connectivity index (χ3v) is 4.33. The molecule has 0 radical (unpaired) electrons. The molecule has 21 heavy (non-hydrogen) atoms. The van der Waals surface area contributed by atoms with Crippen LogP contribution < -0.4 is 10.5 Å². The predicted molar refractivity (Wildman–Crippen MR) is 82.0 cm³/mol. The summed E-state index contributed by atoms with van der Waals surface area (Å²) >= 11 is 0. The minimum atomic E-state index is -0.324. The van der Waals surface area contributed by atoms with Gasteiger partial charge in [0.05, 0.1) is 7.11 Å². The first kappa shape index (κ1) is 14.1. The SMILES string of the molecule is COc1ccc(CC2(N)CCc3ccccc3C2)cc1F. The molecule has 1 atom stereocenters. The summed E-state index contributed by atoms with van der Waals surface area (Å²) in [7, 11) is 1.47. The molecule has 0 fully saturated rings. The van der Waals surface area contributed by atoms with Gasteiger partial charge >= 0.3 is 0 Å². The Morgan fingerprint density at radius 3 is 2.67 bits per heavy atom. The molecule has 1 aliphatic carbocycles. The normalized spacial score (nSPS) is 20.9. The first-order chi connectivity index (χ1) is 10.1. The minimum absolute atomic E-state index is 0.277. The van der Waals surface area contributed by atoms with E-state index in [-0.39, 0.29) is 17.1 Å². The molecule has 0 bridgehead atoms. The van der Waals surface area contributed by atoms with E-state index in [4.69, 9.17) is 10.5 Å². The fraction of sp³-hybridized carbons (Fsp3) is 0.333. The predicted octanol–water partition coefficient (Wildman–Crippen LogP) is 3.26. The van der Waals surface area contributed by atoms with Crippen LogP contribution in [0, 0.1) is 5.82 Å². The number of rotatable bonds is 3. The molecular weight excluding hydrogens is 265 g/mol. The van der Waals surface area contributed by atoms with Crippen LogP contribution in [0.15, 0.2) is 42.5 Å². The largest absolute Gasteiger partial charge is 0.494 e. The highest BCUT2D eigenvalue weighted by Crippen LogP contribution is 2.30. The molecule has 0 saturated carbocycles. The van der Waals surface area contributed by atoms with E-state index in [0.717, 1.165) is 24.8 Å². The second kappa shape index (κ2) is 5.49. The van der Waals surface area contributed by atoms with Crippen LogP contribution in [0.2, 0.25) is 0 Å². The maximum Gasteiger partial charge on any atom is 0.165 e. The quantitative estimate of drug-likeness (QED) is 0.939. The van der Waals surface area contributed by atoms with Crippen molar-refractivity contribution < 1.29 is 9.13 Å². The van der Waals surface area contributed by atoms with Crippen LogP contribution in [-0.2, 0) is 19.3 Å². The summed E-state index contributed by atoms with van der Waals surface area (Å²) in [5.41, 5.74) is 9.91. The molecule has 0 spiro atoms. The second-order valence-corrected chi connectivity index (χ2v) is 5.95. The lowest BCUT2D eigenvalue weighted by Crippen LogP contribution is -2.47. The summed E-state index contributed by atoms with van der Waals surface area (Å²) in [6.07, 6.45) is 3.45. The van der Waals surface area contributed by atoms with Crippen LogP contribution in [0.4, 0.5) is 4.39 Å². The van der Waals surface area contributed by atoms with Crippen molar-refractivity contribution in [2.45, 2.75) is 31.2 Å². The fourth-order valence-corrected chi connectivity index (χ4v) is 3.20. The van der Waals surface area contributed by atoms with Gasteiger partial charge in [-0.15, -0.1) is 0 Å². The van der Waals surface area contributed by atoms with E-state index in [1.807, 2.05) is 6.07 Å². The summed E-state index contributed by atoms with van der Waals surface area (Å²) in [5, 5.41) is 0. The zero-order valence-corrected chi connectivity index (χ0v) is 12.2. The molecule has 3 rings (SSSR count). The molecule has 1 aliphatic rings. The number of benzene rings is 2. The molecule has 2 aromatic rings. The lowest BCUT2D eigenvalue weighted by Gasteiger charge is -2.35. The molecule has 0 heterocycles. The average Bonchev–Trinajstić information content (AvgIpc) is 2.47. The molecule has 0 amide bonds. The summed E-state index contributed by atoms with van der Waals surface area (Å²) < 4.78 is 18.8. The third-order valence-electron chi connectivity index (χ3n) is 4.33. The van der Waals surface area contributed by atoms with E-state index in [1.165, 1.54) is 24.3 Å². The van der Waals surface area contributed by atoms with Gasteiger partial charge in [0.15, 0.2) is 11.6 Å². The van der Waals surface area contributed by atoms with Crippen molar-refractivity contribution in [2.75, 3.05) is 7.11 Å². The van der Waals surface area contributed by atoms with Crippen LogP contribution in [-0.4, -0.2) is 12.6 Å². The Hall–Kier alpha value is -1.87. The van der Waals surface area contributed by atoms with Crippen molar-refractivity contribution in [1.82, 2.24) is 0 Å². The van der Waals surface area contributed by atoms with E-state index in [0.29, 0.717) is 6.42 Å². The molecule has 2 nitrogen and oxygen atoms in total. The van der Waals surface area contributed by atoms with E-state index < -0.39 is 0 Å². The van der Waals surface area contributed by atoms with Crippen molar-refractivity contribution in [3.8, 4) is 5.75 Å². The molecule has 2 N–H and O–H groups in total. The van der Waals surface area contributed by atoms with E-state index in [1.54, 1.807) is 6.07 Å². The number of ether oxygens (including phenoxy) is 1. The topological polar surface area (TPSA) is 35.2 Å². The lowest BCUT2D eigenvalue weighted by atomic mass is 9.75. The van der Waals surface area contributed by atoms with Gasteiger partial charge in [-0.3, -0.25) is 0 Å². The van der Waals surface area contributed by atoms with E-state index >= 15 is 0 Å². The van der Waals surface area contributed by atoms with Crippen LogP contribution in [0.1, 0.15) is 23.1 Å². The number of halogens is 1. The van der Waals surface area contributed by atoms with Gasteiger partial charge in [-0.2, -0.15) is 0 Å². The number of hydrogen-bond donors (Lipinski definition) is 1. The smallest absolute Gasteiger partial charge is 0.165 e. The van der Waals surface area contributed by atoms with Gasteiger partial charge in [0.25, 0.3) is 0 Å². The Bertz CT molecular complexity index is 655. The summed E-state index contributed by atoms with van der Waals surface area (Å²) in [6.45, 7) is 0. The minimum Gasteiger partial charge on any atom is -0.494 e. The molecule has 0 saturated heterocycles.